The molecule has 0 saturated carbocycles. The van der Waals surface area contributed by atoms with Gasteiger partial charge in [-0.3, -0.25) is 4.79 Å². The molecule has 0 unspecified atom stereocenters. The number of hydrogen-bond donors (Lipinski definition) is 2. The van der Waals surface area contributed by atoms with E-state index in [1.165, 1.54) is 0 Å². The lowest BCUT2D eigenvalue weighted by atomic mass is 10.2. The molecule has 3 N–H and O–H groups in total. The van der Waals surface area contributed by atoms with Gasteiger partial charge in [0.15, 0.2) is 0 Å². The van der Waals surface area contributed by atoms with Gasteiger partial charge in [-0.2, -0.15) is 0 Å². The zero-order chi connectivity index (χ0) is 12.8. The molecule has 0 saturated heterocycles. The van der Waals surface area contributed by atoms with Crippen LogP contribution in [0.1, 0.15) is 24.2 Å². The van der Waals surface area contributed by atoms with Crippen LogP contribution in [-0.2, 0) is 0 Å². The first kappa shape index (κ1) is 17.6. The van der Waals surface area contributed by atoms with Crippen molar-refractivity contribution in [3.8, 4) is 0 Å². The van der Waals surface area contributed by atoms with E-state index in [4.69, 9.17) is 17.3 Å². The second-order valence-corrected chi connectivity index (χ2v) is 5.43. The highest BCUT2D eigenvalue weighted by atomic mass is 35.5. The molecule has 6 heteroatoms. The van der Waals surface area contributed by atoms with Crippen molar-refractivity contribution in [2.45, 2.75) is 24.8 Å². The van der Waals surface area contributed by atoms with Crippen LogP contribution in [0.5, 0.6) is 0 Å². The van der Waals surface area contributed by atoms with Crippen molar-refractivity contribution in [2.75, 3.05) is 12.3 Å². The van der Waals surface area contributed by atoms with Crippen LogP contribution in [0.4, 0.5) is 0 Å². The van der Waals surface area contributed by atoms with Gasteiger partial charge in [-0.25, -0.2) is 0 Å². The lowest BCUT2D eigenvalue weighted by Gasteiger charge is -2.13. The third kappa shape index (κ3) is 5.06. The molecule has 0 bridgehead atoms. The molecule has 0 aliphatic carbocycles. The highest BCUT2D eigenvalue weighted by Crippen LogP contribution is 2.25. The van der Waals surface area contributed by atoms with Gasteiger partial charge in [-0.1, -0.05) is 18.5 Å². The maximum atomic E-state index is 12.0. The van der Waals surface area contributed by atoms with Gasteiger partial charge >= 0.3 is 0 Å². The Morgan fingerprint density at radius 3 is 2.78 bits per heavy atom. The van der Waals surface area contributed by atoms with Crippen LogP contribution >= 0.6 is 35.8 Å². The summed E-state index contributed by atoms with van der Waals surface area (Å²) in [7, 11) is 0. The van der Waals surface area contributed by atoms with Crippen molar-refractivity contribution >= 4 is 41.7 Å². The molecule has 1 atom stereocenters. The molecule has 0 spiro atoms. The van der Waals surface area contributed by atoms with Gasteiger partial charge in [0, 0.05) is 22.5 Å². The first-order chi connectivity index (χ1) is 8.08. The van der Waals surface area contributed by atoms with Crippen LogP contribution < -0.4 is 11.1 Å². The molecular weight excluding hydrogens is 291 g/mol. The number of hydrogen-bond acceptors (Lipinski definition) is 3. The van der Waals surface area contributed by atoms with E-state index in [-0.39, 0.29) is 24.4 Å². The minimum Gasteiger partial charge on any atom is -0.348 e. The van der Waals surface area contributed by atoms with Gasteiger partial charge in [0.1, 0.15) is 0 Å². The normalized spacial score (nSPS) is 11.6. The lowest BCUT2D eigenvalue weighted by Crippen LogP contribution is -2.38. The monoisotopic (exact) mass is 308 g/mol. The molecule has 0 aromatic heterocycles. The van der Waals surface area contributed by atoms with Crippen LogP contribution in [0.2, 0.25) is 5.02 Å². The molecule has 1 rings (SSSR count). The summed E-state index contributed by atoms with van der Waals surface area (Å²) in [6.07, 6.45) is 0. The van der Waals surface area contributed by atoms with E-state index in [9.17, 15) is 4.79 Å². The molecule has 0 heterocycles. The van der Waals surface area contributed by atoms with Crippen LogP contribution in [-0.4, -0.2) is 24.2 Å². The Bertz CT molecular complexity index is 402. The molecule has 3 nitrogen and oxygen atoms in total. The fraction of sp³-hybridized carbons (Fsp3) is 0.417. The number of carbonyl (C=O) groups is 1. The lowest BCUT2D eigenvalue weighted by molar-refractivity contribution is 0.0938. The smallest absolute Gasteiger partial charge is 0.252 e. The van der Waals surface area contributed by atoms with E-state index >= 15 is 0 Å². The summed E-state index contributed by atoms with van der Waals surface area (Å²) >= 11 is 7.54. The minimum absolute atomic E-state index is 0. The van der Waals surface area contributed by atoms with Gasteiger partial charge in [-0.05, 0) is 30.9 Å². The maximum Gasteiger partial charge on any atom is 0.252 e. The number of nitrogens with two attached hydrogens (primary N) is 1. The standard InChI is InChI=1S/C12H17ClN2OS.ClH/c1-3-17-11-5-4-9(13)6-10(11)12(16)15-8(2)7-14;/h4-6,8H,3,7,14H2,1-2H3,(H,15,16);1H/t8-;/m0./s1. The summed E-state index contributed by atoms with van der Waals surface area (Å²) < 4.78 is 0. The van der Waals surface area contributed by atoms with Crippen molar-refractivity contribution in [3.05, 3.63) is 28.8 Å². The fourth-order valence-corrected chi connectivity index (χ4v) is 2.28. The third-order valence-corrected chi connectivity index (χ3v) is 3.41. The number of carbonyl (C=O) groups excluding carboxylic acids is 1. The van der Waals surface area contributed by atoms with Crippen LogP contribution in [0.15, 0.2) is 23.1 Å². The predicted molar refractivity (Wildman–Crippen MR) is 81.1 cm³/mol. The summed E-state index contributed by atoms with van der Waals surface area (Å²) in [5, 5.41) is 3.40. The van der Waals surface area contributed by atoms with E-state index < -0.39 is 0 Å². The highest BCUT2D eigenvalue weighted by Gasteiger charge is 2.13. The molecular formula is C12H18Cl2N2OS. The SMILES string of the molecule is CCSc1ccc(Cl)cc1C(=O)N[C@@H](C)CN.Cl. The Hall–Kier alpha value is -0.420. The van der Waals surface area contributed by atoms with Gasteiger partial charge in [0.2, 0.25) is 0 Å². The van der Waals surface area contributed by atoms with Gasteiger partial charge in [-0.15, -0.1) is 24.2 Å². The summed E-state index contributed by atoms with van der Waals surface area (Å²) in [6, 6.07) is 5.32. The third-order valence-electron chi connectivity index (χ3n) is 2.22. The van der Waals surface area contributed by atoms with Crippen LogP contribution in [0.25, 0.3) is 0 Å². The largest absolute Gasteiger partial charge is 0.348 e. The van der Waals surface area contributed by atoms with E-state index in [0.29, 0.717) is 17.1 Å². The minimum atomic E-state index is -0.124. The predicted octanol–water partition coefficient (Wildman–Crippen LogP) is 2.95. The maximum absolute atomic E-state index is 12.0. The number of amides is 1. The summed E-state index contributed by atoms with van der Waals surface area (Å²) in [4.78, 5) is 13.0. The Kier molecular flexibility index (Phi) is 8.44. The molecule has 1 amide bonds. The quantitative estimate of drug-likeness (QED) is 0.822. The number of benzene rings is 1. The number of nitrogens with one attached hydrogen (secondary N) is 1. The topological polar surface area (TPSA) is 55.1 Å². The molecule has 0 aliphatic rings. The van der Waals surface area contributed by atoms with Crippen molar-refractivity contribution in [3.63, 3.8) is 0 Å². The summed E-state index contributed by atoms with van der Waals surface area (Å²) in [5.74, 6) is 0.787. The molecule has 0 fully saturated rings. The molecule has 0 aliphatic heterocycles. The van der Waals surface area contributed by atoms with E-state index in [1.54, 1.807) is 23.9 Å². The van der Waals surface area contributed by atoms with Crippen LogP contribution in [0, 0.1) is 0 Å². The average Bonchev–Trinajstić information content (AvgIpc) is 2.31. The van der Waals surface area contributed by atoms with Crippen molar-refractivity contribution in [1.29, 1.82) is 0 Å². The van der Waals surface area contributed by atoms with Crippen LogP contribution in [0.3, 0.4) is 0 Å². The van der Waals surface area contributed by atoms with E-state index in [1.807, 2.05) is 19.9 Å². The number of halogens is 2. The van der Waals surface area contributed by atoms with Crippen molar-refractivity contribution < 1.29 is 4.79 Å². The molecule has 1 aromatic rings. The fourth-order valence-electron chi connectivity index (χ4n) is 1.32. The van der Waals surface area contributed by atoms with Gasteiger partial charge < -0.3 is 11.1 Å². The zero-order valence-corrected chi connectivity index (χ0v) is 12.8. The Morgan fingerprint density at radius 1 is 1.56 bits per heavy atom. The van der Waals surface area contributed by atoms with Gasteiger partial charge in [0.05, 0.1) is 5.56 Å². The van der Waals surface area contributed by atoms with E-state index in [0.717, 1.165) is 10.6 Å². The zero-order valence-electron chi connectivity index (χ0n) is 10.4. The molecule has 1 aromatic carbocycles. The highest BCUT2D eigenvalue weighted by molar-refractivity contribution is 7.99. The first-order valence-corrected chi connectivity index (χ1v) is 6.88. The second kappa shape index (κ2) is 8.64. The average molecular weight is 309 g/mol. The summed E-state index contributed by atoms with van der Waals surface area (Å²) in [6.45, 7) is 4.33. The van der Waals surface area contributed by atoms with Crippen molar-refractivity contribution in [1.82, 2.24) is 5.32 Å². The molecule has 0 radical (unpaired) electrons. The number of rotatable bonds is 5. The molecule has 18 heavy (non-hydrogen) atoms. The van der Waals surface area contributed by atoms with Gasteiger partial charge in [0.25, 0.3) is 5.91 Å². The second-order valence-electron chi connectivity index (χ2n) is 3.68. The number of thioether (sulfide) groups is 1. The van der Waals surface area contributed by atoms with E-state index in [2.05, 4.69) is 5.32 Å². The summed E-state index contributed by atoms with van der Waals surface area (Å²) in [5.41, 5.74) is 6.09. The Morgan fingerprint density at radius 2 is 2.22 bits per heavy atom. The van der Waals surface area contributed by atoms with Crippen molar-refractivity contribution in [2.24, 2.45) is 5.73 Å². The Balaban J connectivity index is 0.00000289. The Labute approximate surface area is 123 Å². The molecule has 102 valence electrons. The first-order valence-electron chi connectivity index (χ1n) is 5.51.